The number of fused-ring (bicyclic) bond motifs is 17. The number of rotatable bonds is 6. The minimum absolute atomic E-state index is 0.00133. The molecule has 14 aromatic carbocycles. The maximum atomic E-state index is 9.93. The zero-order valence-electron chi connectivity index (χ0n) is 55.8. The van der Waals surface area contributed by atoms with Crippen LogP contribution in [0, 0.1) is 0 Å². The van der Waals surface area contributed by atoms with E-state index in [1.807, 2.05) is 18.2 Å². The maximum Gasteiger partial charge on any atom is 0.252 e. The van der Waals surface area contributed by atoms with Crippen LogP contribution < -0.4 is 26.2 Å². The Hall–Kier alpha value is -11.7. The molecule has 0 spiro atoms. The summed E-state index contributed by atoms with van der Waals surface area (Å²) in [6, 6.07) is 93.5. The third-order valence-electron chi connectivity index (χ3n) is 18.7. The molecule has 89 heavy (non-hydrogen) atoms. The molecule has 3 aromatic heterocycles. The first kappa shape index (κ1) is 42.2. The smallest absolute Gasteiger partial charge is 0.252 e. The summed E-state index contributed by atoms with van der Waals surface area (Å²) in [6.07, 6.45) is 0. The Labute approximate surface area is 526 Å². The van der Waals surface area contributed by atoms with E-state index in [4.69, 9.17) is 2.74 Å². The van der Waals surface area contributed by atoms with Gasteiger partial charge >= 0.3 is 0 Å². The third kappa shape index (κ3) is 7.30. The van der Waals surface area contributed by atoms with E-state index in [0.717, 1.165) is 144 Å². The molecule has 0 atom stereocenters. The summed E-state index contributed by atoms with van der Waals surface area (Å²) in [5.74, 6) is 0. The number of aromatic nitrogens is 2. The third-order valence-corrected chi connectivity index (χ3v) is 18.7. The highest BCUT2D eigenvalue weighted by molar-refractivity contribution is 7.00. The van der Waals surface area contributed by atoms with E-state index in [2.05, 4.69) is 269 Å². The molecule has 0 saturated carbocycles. The summed E-state index contributed by atoms with van der Waals surface area (Å²) in [7, 11) is 0. The lowest BCUT2D eigenvalue weighted by molar-refractivity contribution is 1.16. The van der Waals surface area contributed by atoms with Gasteiger partial charge in [-0.15, -0.1) is 0 Å². The van der Waals surface area contributed by atoms with Crippen molar-refractivity contribution < 1.29 is 11.0 Å². The highest BCUT2D eigenvalue weighted by atomic mass is 15.2. The van der Waals surface area contributed by atoms with Crippen molar-refractivity contribution in [1.29, 1.82) is 0 Å². The molecular formula is C84H53BN4. The molecule has 19 rings (SSSR count). The molecule has 5 heteroatoms. The minimum atomic E-state index is -0.508. The summed E-state index contributed by atoms with van der Waals surface area (Å²) in [4.78, 5) is 4.74. The van der Waals surface area contributed by atoms with Gasteiger partial charge in [0, 0.05) is 66.2 Å². The van der Waals surface area contributed by atoms with E-state index in [-0.39, 0.29) is 33.9 Å². The maximum absolute atomic E-state index is 9.93. The molecule has 412 valence electrons. The quantitative estimate of drug-likeness (QED) is 0.154. The molecule has 0 amide bonds. The van der Waals surface area contributed by atoms with Crippen molar-refractivity contribution in [2.75, 3.05) is 9.80 Å². The largest absolute Gasteiger partial charge is 0.311 e. The lowest BCUT2D eigenvalue weighted by Crippen LogP contribution is -2.61. The van der Waals surface area contributed by atoms with Gasteiger partial charge in [-0.05, 0) is 115 Å². The zero-order valence-corrected chi connectivity index (χ0v) is 47.8. The second kappa shape index (κ2) is 19.4. The van der Waals surface area contributed by atoms with Gasteiger partial charge in [0.25, 0.3) is 6.71 Å². The van der Waals surface area contributed by atoms with Gasteiger partial charge in [-0.3, -0.25) is 0 Å². The summed E-state index contributed by atoms with van der Waals surface area (Å²) < 4.78 is 80.2. The van der Waals surface area contributed by atoms with Crippen molar-refractivity contribution >= 4 is 139 Å². The Morgan fingerprint density at radius 3 is 1.34 bits per heavy atom. The zero-order chi connectivity index (χ0) is 65.2. The van der Waals surface area contributed by atoms with Crippen LogP contribution in [0.5, 0.6) is 0 Å². The van der Waals surface area contributed by atoms with Crippen molar-refractivity contribution in [3.8, 4) is 39.1 Å². The molecule has 17 aromatic rings. The fourth-order valence-electron chi connectivity index (χ4n) is 15.0. The van der Waals surface area contributed by atoms with Crippen LogP contribution in [-0.4, -0.2) is 15.7 Å². The standard InChI is InChI=1S/C84H53BN4/c1-4-25-54(26-5-1)57-47-48-78-71(49-57)85-72-52-70-64-36-13-11-34-62(64)61-33-10-12-35-63(61)68-40-24-41-69-67-39-18-23-46-77(67)89(84(68)69)79(70)53-80(72)88(74-43-20-15-32-60(74)56-29-8-3-9-30-56)82-51-58(86-75-44-21-16-37-65(75)66-38-17-22-45-76(66)86)50-81(83(82)85)87(78)73-42-19-14-31-59(73)55-27-6-2-7-28-55/h1-53H/i16D,17D,21D,22D,37D,38D,44D,45D. The lowest BCUT2D eigenvalue weighted by atomic mass is 9.33. The number of para-hydroxylation sites is 6. The highest BCUT2D eigenvalue weighted by Crippen LogP contribution is 2.51. The Morgan fingerprint density at radius 2 is 0.730 bits per heavy atom. The van der Waals surface area contributed by atoms with Crippen LogP contribution in [-0.2, 0) is 0 Å². The molecule has 5 heterocycles. The van der Waals surface area contributed by atoms with Crippen LogP contribution in [0.1, 0.15) is 11.0 Å². The Bertz CT molecular complexity index is 6250. The predicted molar refractivity (Wildman–Crippen MR) is 378 cm³/mol. The number of nitrogens with zero attached hydrogens (tertiary/aromatic N) is 4. The van der Waals surface area contributed by atoms with Crippen molar-refractivity contribution in [3.05, 3.63) is 321 Å². The first-order valence-electron chi connectivity index (χ1n) is 34.2. The van der Waals surface area contributed by atoms with Crippen LogP contribution in [0.15, 0.2) is 321 Å². The number of hydrogen-bond acceptors (Lipinski definition) is 2. The fraction of sp³-hybridized carbons (Fsp3) is 0. The van der Waals surface area contributed by atoms with Crippen LogP contribution in [0.2, 0.25) is 0 Å². The topological polar surface area (TPSA) is 15.8 Å². The van der Waals surface area contributed by atoms with Crippen molar-refractivity contribution in [3.63, 3.8) is 0 Å². The van der Waals surface area contributed by atoms with Crippen LogP contribution >= 0.6 is 0 Å². The van der Waals surface area contributed by atoms with E-state index in [9.17, 15) is 8.22 Å². The monoisotopic (exact) mass is 1140 g/mol. The molecule has 0 N–H and O–H groups in total. The van der Waals surface area contributed by atoms with E-state index >= 15 is 0 Å². The summed E-state index contributed by atoms with van der Waals surface area (Å²) in [6.45, 7) is -0.508. The molecule has 0 radical (unpaired) electrons. The molecule has 2 aliphatic rings. The molecule has 0 fully saturated rings. The van der Waals surface area contributed by atoms with Gasteiger partial charge in [0.15, 0.2) is 0 Å². The molecule has 0 unspecified atom stereocenters. The normalized spacial score (nSPS) is 13.9. The van der Waals surface area contributed by atoms with Gasteiger partial charge < -0.3 is 18.8 Å². The molecule has 2 aliphatic heterocycles. The van der Waals surface area contributed by atoms with Gasteiger partial charge in [-0.1, -0.05) is 267 Å². The van der Waals surface area contributed by atoms with E-state index in [1.165, 1.54) is 0 Å². The molecule has 0 bridgehead atoms. The lowest BCUT2D eigenvalue weighted by Gasteiger charge is -2.45. The molecule has 0 saturated heterocycles. The molecule has 0 aliphatic carbocycles. The average Bonchev–Trinajstić information content (AvgIpc) is 1.59. The van der Waals surface area contributed by atoms with Gasteiger partial charge in [0.1, 0.15) is 0 Å². The van der Waals surface area contributed by atoms with Gasteiger partial charge in [-0.2, -0.15) is 0 Å². The SMILES string of the molecule is [2H]c1c([2H])c([2H])c2c(c1[2H])c1c([2H])c([2H])c([2H])c([2H])c1n2-c1cc2c3c(c1)N(c1ccccc1-c1ccccc1)c1cc4c(cc1B3c1cc(-c3ccccc3)ccc1N2c1ccccc1-c1ccccc1)c1ccccc1c1ccccc1c1cccc2c3ccccc3n4c12. The predicted octanol–water partition coefficient (Wildman–Crippen LogP) is 20.4. The van der Waals surface area contributed by atoms with E-state index < -0.39 is 43.0 Å². The van der Waals surface area contributed by atoms with Crippen LogP contribution in [0.4, 0.5) is 34.1 Å². The highest BCUT2D eigenvalue weighted by Gasteiger charge is 2.45. The van der Waals surface area contributed by atoms with Crippen LogP contribution in [0.3, 0.4) is 0 Å². The Kier molecular flexibility index (Phi) is 9.22. The number of benzene rings is 14. The van der Waals surface area contributed by atoms with Gasteiger partial charge in [0.05, 0.1) is 55.6 Å². The Morgan fingerprint density at radius 1 is 0.270 bits per heavy atom. The van der Waals surface area contributed by atoms with Gasteiger partial charge in [-0.25, -0.2) is 0 Å². The minimum Gasteiger partial charge on any atom is -0.311 e. The van der Waals surface area contributed by atoms with Crippen molar-refractivity contribution in [2.24, 2.45) is 0 Å². The Balaban J connectivity index is 1.07. The summed E-state index contributed by atoms with van der Waals surface area (Å²) >= 11 is 0. The first-order valence-corrected chi connectivity index (χ1v) is 30.2. The van der Waals surface area contributed by atoms with Crippen LogP contribution in [0.25, 0.3) is 121 Å². The van der Waals surface area contributed by atoms with E-state index in [1.54, 1.807) is 4.57 Å². The summed E-state index contributed by atoms with van der Waals surface area (Å²) in [5, 5.41) is 8.78. The average molecular weight is 1140 g/mol. The second-order valence-electron chi connectivity index (χ2n) is 23.3. The number of hydrogen-bond donors (Lipinski definition) is 0. The second-order valence-corrected chi connectivity index (χ2v) is 23.3. The first-order chi connectivity index (χ1) is 47.5. The van der Waals surface area contributed by atoms with Crippen molar-refractivity contribution in [1.82, 2.24) is 8.97 Å². The fourth-order valence-corrected chi connectivity index (χ4v) is 15.0. The van der Waals surface area contributed by atoms with Gasteiger partial charge in [0.2, 0.25) is 0 Å². The summed E-state index contributed by atoms with van der Waals surface area (Å²) in [5.41, 5.74) is 17.6. The molecular weight excluding hydrogens is 1080 g/mol. The molecule has 4 nitrogen and oxygen atoms in total. The van der Waals surface area contributed by atoms with Crippen molar-refractivity contribution in [2.45, 2.75) is 0 Å². The number of anilines is 6. The van der Waals surface area contributed by atoms with E-state index in [0.29, 0.717) is 5.69 Å².